The molecule has 4 aromatic carbocycles. The summed E-state index contributed by atoms with van der Waals surface area (Å²) in [4.78, 5) is 30.8. The second kappa shape index (κ2) is 17.2. The molecule has 0 fully saturated rings. The van der Waals surface area contributed by atoms with Crippen molar-refractivity contribution in [3.8, 4) is 5.75 Å². The fraction of sp³-hybridized carbons (Fsp3) is 0.385. The summed E-state index contributed by atoms with van der Waals surface area (Å²) in [7, 11) is -2.41. The van der Waals surface area contributed by atoms with Crippen LogP contribution >= 0.6 is 0 Å². The number of hydrogen-bond acceptors (Lipinski definition) is 7. The van der Waals surface area contributed by atoms with Crippen molar-refractivity contribution in [1.82, 2.24) is 9.80 Å². The first-order valence-corrected chi connectivity index (χ1v) is 19.0. The van der Waals surface area contributed by atoms with Crippen molar-refractivity contribution in [2.45, 2.75) is 63.2 Å². The summed E-state index contributed by atoms with van der Waals surface area (Å²) in [5.41, 5.74) is 0.913. The van der Waals surface area contributed by atoms with E-state index in [4.69, 9.17) is 9.47 Å². The van der Waals surface area contributed by atoms with Crippen LogP contribution in [-0.4, -0.2) is 86.9 Å². The second-order valence-electron chi connectivity index (χ2n) is 13.4. The number of carbonyl (C=O) groups is 2. The van der Waals surface area contributed by atoms with Gasteiger partial charge in [0.15, 0.2) is 0 Å². The first kappa shape index (κ1) is 38.5. The minimum atomic E-state index is -4.11. The smallest absolute Gasteiger partial charge is 0.321 e. The fourth-order valence-electron chi connectivity index (χ4n) is 6.17. The normalized spacial score (nSPS) is 19.5. The molecule has 0 bridgehead atoms. The van der Waals surface area contributed by atoms with Crippen LogP contribution in [0.15, 0.2) is 89.8 Å². The summed E-state index contributed by atoms with van der Waals surface area (Å²) in [6.45, 7) is 6.05. The van der Waals surface area contributed by atoms with E-state index < -0.39 is 33.9 Å². The van der Waals surface area contributed by atoms with Gasteiger partial charge in [-0.05, 0) is 87.0 Å². The standard InChI is InChI=1S/C39H47FN4O7S/c1-26-23-44(27(2)25-45)38(46)34-22-31(42-52(48,49)32-18-15-30(40)16-19-32)17-20-36(34)51-28(3)10-7-8-21-50-37(26)24-43(4)39(47)41-35-14-9-12-29-11-5-6-13-33(29)35/h5-6,9,11-20,22,26-28,37,42,45H,7-8,10,21,23-25H2,1-4H3,(H,41,47)/t26-,27-,28-,37+/m1/s1. The first-order valence-electron chi connectivity index (χ1n) is 17.5. The van der Waals surface area contributed by atoms with Gasteiger partial charge in [-0.2, -0.15) is 0 Å². The molecule has 1 aliphatic rings. The molecule has 0 saturated carbocycles. The van der Waals surface area contributed by atoms with Crippen LogP contribution in [0.5, 0.6) is 5.75 Å². The summed E-state index contributed by atoms with van der Waals surface area (Å²) < 4.78 is 54.9. The van der Waals surface area contributed by atoms with Crippen molar-refractivity contribution >= 4 is 44.1 Å². The highest BCUT2D eigenvalue weighted by Gasteiger charge is 2.31. The molecule has 0 aliphatic carbocycles. The molecule has 11 nitrogen and oxygen atoms in total. The molecule has 0 aromatic heterocycles. The molecule has 52 heavy (non-hydrogen) atoms. The van der Waals surface area contributed by atoms with Crippen LogP contribution in [-0.2, 0) is 14.8 Å². The summed E-state index contributed by atoms with van der Waals surface area (Å²) >= 11 is 0. The van der Waals surface area contributed by atoms with E-state index in [-0.39, 0.29) is 59.6 Å². The molecule has 13 heteroatoms. The van der Waals surface area contributed by atoms with Crippen LogP contribution in [0.25, 0.3) is 10.8 Å². The summed E-state index contributed by atoms with van der Waals surface area (Å²) in [6.07, 6.45) is 1.45. The van der Waals surface area contributed by atoms with E-state index in [0.29, 0.717) is 18.7 Å². The van der Waals surface area contributed by atoms with Crippen LogP contribution in [0.1, 0.15) is 50.4 Å². The molecule has 4 atom stereocenters. The quantitative estimate of drug-likeness (QED) is 0.182. The number of benzene rings is 4. The molecule has 0 radical (unpaired) electrons. The minimum Gasteiger partial charge on any atom is -0.490 e. The number of nitrogens with one attached hydrogen (secondary N) is 2. The number of halogens is 1. The summed E-state index contributed by atoms with van der Waals surface area (Å²) in [6, 6.07) is 21.5. The number of urea groups is 1. The highest BCUT2D eigenvalue weighted by molar-refractivity contribution is 7.92. The average molecular weight is 735 g/mol. The van der Waals surface area contributed by atoms with Crippen molar-refractivity contribution in [3.63, 3.8) is 0 Å². The van der Waals surface area contributed by atoms with E-state index in [2.05, 4.69) is 10.0 Å². The van der Waals surface area contributed by atoms with Gasteiger partial charge in [-0.15, -0.1) is 0 Å². The maximum atomic E-state index is 14.4. The van der Waals surface area contributed by atoms with E-state index in [1.165, 1.54) is 17.0 Å². The van der Waals surface area contributed by atoms with Crippen LogP contribution in [0, 0.1) is 11.7 Å². The van der Waals surface area contributed by atoms with Crippen molar-refractivity contribution < 1.29 is 37.0 Å². The van der Waals surface area contributed by atoms with E-state index in [1.54, 1.807) is 24.9 Å². The maximum absolute atomic E-state index is 14.4. The lowest BCUT2D eigenvalue weighted by Crippen LogP contribution is -2.48. The Balaban J connectivity index is 1.40. The molecular formula is C39H47FN4O7S. The predicted octanol–water partition coefficient (Wildman–Crippen LogP) is 6.74. The SMILES string of the molecule is C[C@@H]1CCCCO[C@@H](CN(C)C(=O)Nc2cccc3ccccc23)[C@H](C)CN([C@H](C)CO)C(=O)c2cc(NS(=O)(=O)c3ccc(F)cc3)ccc2O1. The first-order chi connectivity index (χ1) is 24.9. The molecule has 0 unspecified atom stereocenters. The Labute approximate surface area is 304 Å². The molecule has 0 saturated heterocycles. The van der Waals surface area contributed by atoms with Gasteiger partial charge in [0, 0.05) is 43.7 Å². The molecule has 4 aromatic rings. The Morgan fingerprint density at radius 2 is 1.77 bits per heavy atom. The highest BCUT2D eigenvalue weighted by atomic mass is 32.2. The van der Waals surface area contributed by atoms with Gasteiger partial charge in [0.2, 0.25) is 0 Å². The van der Waals surface area contributed by atoms with E-state index in [0.717, 1.165) is 47.9 Å². The number of ether oxygens (including phenoxy) is 2. The zero-order chi connectivity index (χ0) is 37.4. The lowest BCUT2D eigenvalue weighted by Gasteiger charge is -2.35. The molecule has 1 heterocycles. The number of aliphatic hydroxyl groups excluding tert-OH is 1. The maximum Gasteiger partial charge on any atom is 0.321 e. The van der Waals surface area contributed by atoms with Crippen LogP contribution < -0.4 is 14.8 Å². The van der Waals surface area contributed by atoms with Gasteiger partial charge < -0.3 is 29.7 Å². The molecule has 3 amide bonds. The number of fused-ring (bicyclic) bond motifs is 2. The van der Waals surface area contributed by atoms with Gasteiger partial charge in [0.1, 0.15) is 11.6 Å². The molecule has 278 valence electrons. The van der Waals surface area contributed by atoms with Crippen molar-refractivity contribution in [2.75, 3.05) is 43.4 Å². The number of likely N-dealkylation sites (N-methyl/N-ethyl adjacent to an activating group) is 1. The van der Waals surface area contributed by atoms with Crippen molar-refractivity contribution in [3.05, 3.63) is 96.3 Å². The van der Waals surface area contributed by atoms with Crippen LogP contribution in [0.2, 0.25) is 0 Å². The minimum absolute atomic E-state index is 0.110. The largest absolute Gasteiger partial charge is 0.490 e. The average Bonchev–Trinajstić information content (AvgIpc) is 3.12. The Hall–Kier alpha value is -4.72. The third kappa shape index (κ3) is 9.58. The third-order valence-electron chi connectivity index (χ3n) is 9.26. The zero-order valence-corrected chi connectivity index (χ0v) is 30.7. The number of amides is 3. The number of sulfonamides is 1. The fourth-order valence-corrected chi connectivity index (χ4v) is 7.22. The molecular weight excluding hydrogens is 688 g/mol. The van der Waals surface area contributed by atoms with Gasteiger partial charge in [-0.25, -0.2) is 17.6 Å². The Kier molecular flexibility index (Phi) is 12.7. The van der Waals surface area contributed by atoms with Crippen molar-refractivity contribution in [2.24, 2.45) is 5.92 Å². The molecule has 1 aliphatic heterocycles. The Morgan fingerprint density at radius 3 is 2.52 bits per heavy atom. The lowest BCUT2D eigenvalue weighted by atomic mass is 10.0. The topological polar surface area (TPSA) is 138 Å². The molecule has 5 rings (SSSR count). The van der Waals surface area contributed by atoms with Gasteiger partial charge in [-0.1, -0.05) is 43.3 Å². The lowest BCUT2D eigenvalue weighted by molar-refractivity contribution is -0.0115. The monoisotopic (exact) mass is 734 g/mol. The Bertz CT molecular complexity index is 1950. The van der Waals surface area contributed by atoms with E-state index >= 15 is 0 Å². The van der Waals surface area contributed by atoms with Crippen LogP contribution in [0.3, 0.4) is 0 Å². The molecule has 0 spiro atoms. The number of nitrogens with zero attached hydrogens (tertiary/aromatic N) is 2. The Morgan fingerprint density at radius 1 is 1.04 bits per heavy atom. The number of carbonyl (C=O) groups excluding carboxylic acids is 2. The van der Waals surface area contributed by atoms with Crippen LogP contribution in [0.4, 0.5) is 20.6 Å². The number of aliphatic hydroxyl groups is 1. The number of anilines is 2. The molecule has 3 N–H and O–H groups in total. The predicted molar refractivity (Wildman–Crippen MR) is 200 cm³/mol. The second-order valence-corrected chi connectivity index (χ2v) is 15.1. The van der Waals surface area contributed by atoms with Gasteiger partial charge in [0.25, 0.3) is 15.9 Å². The number of hydrogen-bond donors (Lipinski definition) is 3. The summed E-state index contributed by atoms with van der Waals surface area (Å²) in [5.74, 6) is -1.06. The van der Waals surface area contributed by atoms with E-state index in [9.17, 15) is 27.5 Å². The van der Waals surface area contributed by atoms with E-state index in [1.807, 2.05) is 56.3 Å². The number of rotatable bonds is 8. The zero-order valence-electron chi connectivity index (χ0n) is 29.9. The van der Waals surface area contributed by atoms with Gasteiger partial charge in [0.05, 0.1) is 41.0 Å². The van der Waals surface area contributed by atoms with Gasteiger partial charge >= 0.3 is 6.03 Å². The van der Waals surface area contributed by atoms with Gasteiger partial charge in [-0.3, -0.25) is 9.52 Å². The van der Waals surface area contributed by atoms with Crippen molar-refractivity contribution in [1.29, 1.82) is 0 Å². The summed E-state index contributed by atoms with van der Waals surface area (Å²) in [5, 5.41) is 15.2. The highest BCUT2D eigenvalue weighted by Crippen LogP contribution is 2.30. The third-order valence-corrected chi connectivity index (χ3v) is 10.7.